The molecule has 0 spiro atoms. The highest BCUT2D eigenvalue weighted by atomic mass is 32.2. The number of rotatable bonds is 8. The monoisotopic (exact) mass is 579 g/mol. The number of carbonyl (C=O) groups excluding carboxylic acids is 1. The number of benzene rings is 3. The van der Waals surface area contributed by atoms with Crippen LogP contribution in [-0.2, 0) is 10.0 Å². The van der Waals surface area contributed by atoms with Crippen molar-refractivity contribution in [2.75, 3.05) is 25.2 Å². The number of thiazole rings is 1. The Bertz CT molecular complexity index is 1680. The number of aromatic nitrogens is 1. The van der Waals surface area contributed by atoms with Crippen molar-refractivity contribution < 1.29 is 22.9 Å². The summed E-state index contributed by atoms with van der Waals surface area (Å²) in [5, 5.41) is 16.8. The lowest BCUT2D eigenvalue weighted by atomic mass is 10.2. The summed E-state index contributed by atoms with van der Waals surface area (Å²) in [7, 11) is -2.09. The van der Waals surface area contributed by atoms with E-state index in [0.29, 0.717) is 29.9 Å². The maximum absolute atomic E-state index is 13.7. The third kappa shape index (κ3) is 5.71. The van der Waals surface area contributed by atoms with Gasteiger partial charge in [-0.2, -0.15) is 14.4 Å². The number of fused-ring (bicyclic) bond motifs is 1. The van der Waals surface area contributed by atoms with Gasteiger partial charge in [-0.25, -0.2) is 13.4 Å². The average molecular weight is 580 g/mol. The molecule has 2 heterocycles. The molecule has 206 valence electrons. The Kier molecular flexibility index (Phi) is 7.87. The van der Waals surface area contributed by atoms with Crippen molar-refractivity contribution in [3.8, 4) is 5.75 Å². The maximum atomic E-state index is 13.7. The van der Waals surface area contributed by atoms with E-state index in [-0.39, 0.29) is 21.3 Å². The lowest BCUT2D eigenvalue weighted by Crippen LogP contribution is -2.35. The van der Waals surface area contributed by atoms with E-state index in [4.69, 9.17) is 4.74 Å². The number of anilines is 1. The smallest absolute Gasteiger partial charge is 0.280 e. The van der Waals surface area contributed by atoms with Crippen molar-refractivity contribution >= 4 is 54.5 Å². The van der Waals surface area contributed by atoms with Crippen LogP contribution in [0.15, 0.2) is 76.7 Å². The first-order valence-electron chi connectivity index (χ1n) is 12.4. The average Bonchev–Trinajstić information content (AvgIpc) is 3.41. The Balaban J connectivity index is 1.47. The molecule has 0 unspecified atom stereocenters. The number of methoxy groups -OCH3 is 1. The fourth-order valence-corrected chi connectivity index (χ4v) is 6.72. The molecule has 1 amide bonds. The van der Waals surface area contributed by atoms with Crippen molar-refractivity contribution in [3.05, 3.63) is 88.0 Å². The highest BCUT2D eigenvalue weighted by molar-refractivity contribution is 7.89. The Hall–Kier alpha value is -4.20. The molecule has 11 nitrogen and oxygen atoms in total. The number of ether oxygens (including phenoxy) is 1. The van der Waals surface area contributed by atoms with Gasteiger partial charge < -0.3 is 4.74 Å². The first-order chi connectivity index (χ1) is 19.3. The summed E-state index contributed by atoms with van der Waals surface area (Å²) in [4.78, 5) is 28.8. The molecule has 3 aromatic carbocycles. The van der Waals surface area contributed by atoms with E-state index in [0.717, 1.165) is 29.0 Å². The molecule has 0 atom stereocenters. The topological polar surface area (TPSA) is 135 Å². The van der Waals surface area contributed by atoms with E-state index in [1.54, 1.807) is 25.3 Å². The quantitative estimate of drug-likeness (QED) is 0.162. The lowest BCUT2D eigenvalue weighted by Gasteiger charge is -2.25. The van der Waals surface area contributed by atoms with Crippen LogP contribution in [0.5, 0.6) is 5.75 Å². The molecule has 1 aromatic heterocycles. The van der Waals surface area contributed by atoms with Gasteiger partial charge in [0.15, 0.2) is 0 Å². The van der Waals surface area contributed by atoms with Gasteiger partial charge in [0.05, 0.1) is 33.4 Å². The van der Waals surface area contributed by atoms with Crippen LogP contribution in [0.3, 0.4) is 0 Å². The number of hydrogen-bond donors (Lipinski definition) is 0. The second-order valence-electron chi connectivity index (χ2n) is 9.03. The van der Waals surface area contributed by atoms with Crippen LogP contribution in [0, 0.1) is 10.1 Å². The Morgan fingerprint density at radius 2 is 1.77 bits per heavy atom. The number of hydrazone groups is 1. The van der Waals surface area contributed by atoms with Gasteiger partial charge in [0.2, 0.25) is 15.2 Å². The van der Waals surface area contributed by atoms with Crippen LogP contribution in [0.4, 0.5) is 10.8 Å². The summed E-state index contributed by atoms with van der Waals surface area (Å²) >= 11 is 1.23. The Morgan fingerprint density at radius 1 is 1.07 bits per heavy atom. The first kappa shape index (κ1) is 27.4. The molecule has 0 aliphatic carbocycles. The van der Waals surface area contributed by atoms with Gasteiger partial charge >= 0.3 is 0 Å². The number of sulfonamides is 1. The molecule has 1 aliphatic heterocycles. The highest BCUT2D eigenvalue weighted by Gasteiger charge is 2.27. The molecular weight excluding hydrogens is 554 g/mol. The largest absolute Gasteiger partial charge is 0.497 e. The molecule has 13 heteroatoms. The van der Waals surface area contributed by atoms with Gasteiger partial charge in [0.25, 0.3) is 11.6 Å². The summed E-state index contributed by atoms with van der Waals surface area (Å²) in [5.41, 5.74) is 1.33. The summed E-state index contributed by atoms with van der Waals surface area (Å²) in [5.74, 6) is 0.117. The zero-order valence-electron chi connectivity index (χ0n) is 21.5. The van der Waals surface area contributed by atoms with Crippen molar-refractivity contribution in [3.63, 3.8) is 0 Å². The molecule has 1 saturated heterocycles. The first-order valence-corrected chi connectivity index (χ1v) is 14.7. The number of nitro benzene ring substituents is 1. The van der Waals surface area contributed by atoms with Gasteiger partial charge in [-0.3, -0.25) is 14.9 Å². The fourth-order valence-electron chi connectivity index (χ4n) is 4.25. The number of non-ortho nitro benzene ring substituents is 1. The molecule has 4 aromatic rings. The molecular formula is C27H25N5O6S2. The molecule has 1 fully saturated rings. The van der Waals surface area contributed by atoms with Gasteiger partial charge in [-0.05, 0) is 73.0 Å². The fraction of sp³-hybridized carbons (Fsp3) is 0.222. The van der Waals surface area contributed by atoms with Crippen molar-refractivity contribution in [2.24, 2.45) is 5.10 Å². The number of nitro groups is 1. The van der Waals surface area contributed by atoms with Gasteiger partial charge in [0.1, 0.15) is 5.75 Å². The van der Waals surface area contributed by atoms with Crippen molar-refractivity contribution in [1.29, 1.82) is 0 Å². The van der Waals surface area contributed by atoms with Crippen molar-refractivity contribution in [1.82, 2.24) is 9.29 Å². The van der Waals surface area contributed by atoms with E-state index in [1.807, 2.05) is 0 Å². The van der Waals surface area contributed by atoms with E-state index < -0.39 is 20.9 Å². The minimum absolute atomic E-state index is 0.0650. The summed E-state index contributed by atoms with van der Waals surface area (Å²) in [6, 6.07) is 16.9. The lowest BCUT2D eigenvalue weighted by molar-refractivity contribution is -0.384. The molecule has 0 saturated carbocycles. The third-order valence-electron chi connectivity index (χ3n) is 6.44. The number of piperidine rings is 1. The third-order valence-corrected chi connectivity index (χ3v) is 9.34. The van der Waals surface area contributed by atoms with Gasteiger partial charge in [-0.15, -0.1) is 0 Å². The predicted molar refractivity (Wildman–Crippen MR) is 153 cm³/mol. The summed E-state index contributed by atoms with van der Waals surface area (Å²) in [6.45, 7) is 0.965. The van der Waals surface area contributed by atoms with Crippen LogP contribution in [0.25, 0.3) is 10.2 Å². The van der Waals surface area contributed by atoms with E-state index in [9.17, 15) is 23.3 Å². The Labute approximate surface area is 234 Å². The van der Waals surface area contributed by atoms with E-state index in [2.05, 4.69) is 10.1 Å². The second-order valence-corrected chi connectivity index (χ2v) is 12.0. The highest BCUT2D eigenvalue weighted by Crippen LogP contribution is 2.32. The molecule has 1 aliphatic rings. The Morgan fingerprint density at radius 3 is 2.42 bits per heavy atom. The zero-order chi connectivity index (χ0) is 28.3. The number of carbonyl (C=O) groups is 1. The minimum Gasteiger partial charge on any atom is -0.497 e. The molecule has 0 bridgehead atoms. The molecule has 0 radical (unpaired) electrons. The number of nitrogens with zero attached hydrogens (tertiary/aromatic N) is 5. The minimum atomic E-state index is -3.65. The summed E-state index contributed by atoms with van der Waals surface area (Å²) in [6.07, 6.45) is 4.06. The van der Waals surface area contributed by atoms with Crippen LogP contribution in [0.2, 0.25) is 0 Å². The second kappa shape index (κ2) is 11.5. The zero-order valence-corrected chi connectivity index (χ0v) is 23.1. The normalized spacial score (nSPS) is 14.4. The predicted octanol–water partition coefficient (Wildman–Crippen LogP) is 5.07. The number of hydrogen-bond acceptors (Lipinski definition) is 9. The van der Waals surface area contributed by atoms with Crippen LogP contribution >= 0.6 is 11.3 Å². The number of amides is 1. The standard InChI is InChI=1S/C27H25N5O6S2/c1-38-22-11-14-24-25(17-22)39-27(29-24)31(28-18-19-5-9-21(10-6-19)32(34)35)26(33)20-7-12-23(13-8-20)40(36,37)30-15-3-2-4-16-30/h5-14,17-18H,2-4,15-16H2,1H3/b28-18+. The van der Waals surface area contributed by atoms with Crippen LogP contribution < -0.4 is 9.75 Å². The SMILES string of the molecule is COc1ccc2nc(N(/N=C/c3ccc([N+](=O)[O-])cc3)C(=O)c3ccc(S(=O)(=O)N4CCCCC4)cc3)sc2c1. The van der Waals surface area contributed by atoms with E-state index >= 15 is 0 Å². The van der Waals surface area contributed by atoms with Gasteiger partial charge in [-0.1, -0.05) is 17.8 Å². The van der Waals surface area contributed by atoms with Crippen LogP contribution in [0.1, 0.15) is 35.2 Å². The van der Waals surface area contributed by atoms with E-state index in [1.165, 1.54) is 70.4 Å². The van der Waals surface area contributed by atoms with Crippen LogP contribution in [-0.4, -0.2) is 55.0 Å². The van der Waals surface area contributed by atoms with Gasteiger partial charge in [0, 0.05) is 30.8 Å². The molecule has 0 N–H and O–H groups in total. The summed E-state index contributed by atoms with van der Waals surface area (Å²) < 4.78 is 33.6. The van der Waals surface area contributed by atoms with Crippen molar-refractivity contribution in [2.45, 2.75) is 24.2 Å². The molecule has 5 rings (SSSR count). The molecule has 40 heavy (non-hydrogen) atoms. The maximum Gasteiger partial charge on any atom is 0.280 e.